The summed E-state index contributed by atoms with van der Waals surface area (Å²) in [6.45, 7) is 0.993. The van der Waals surface area contributed by atoms with Crippen LogP contribution in [0.3, 0.4) is 0 Å². The molecule has 0 radical (unpaired) electrons. The van der Waals surface area contributed by atoms with Crippen LogP contribution >= 0.6 is 0 Å². The van der Waals surface area contributed by atoms with Crippen molar-refractivity contribution >= 4 is 23.5 Å². The number of carbonyl (C=O) groups excluding carboxylic acids is 3. The molecule has 0 aliphatic rings. The van der Waals surface area contributed by atoms with E-state index in [-0.39, 0.29) is 18.9 Å². The Morgan fingerprint density at radius 2 is 1.73 bits per heavy atom. The summed E-state index contributed by atoms with van der Waals surface area (Å²) in [4.78, 5) is 34.4. The van der Waals surface area contributed by atoms with Gasteiger partial charge in [0.2, 0.25) is 5.91 Å². The molecule has 136 valence electrons. The van der Waals surface area contributed by atoms with Gasteiger partial charge in [-0.2, -0.15) is 0 Å². The van der Waals surface area contributed by atoms with Gasteiger partial charge in [-0.15, -0.1) is 0 Å². The number of nitrogens with one attached hydrogen (secondary N) is 2. The molecular weight excluding hydrogens is 339 g/mol. The van der Waals surface area contributed by atoms with Gasteiger partial charge in [-0.25, -0.2) is 4.39 Å². The van der Waals surface area contributed by atoms with E-state index in [1.54, 1.807) is 42.5 Å². The third-order valence-corrected chi connectivity index (χ3v) is 3.42. The number of hydrogen-bond acceptors (Lipinski definition) is 4. The van der Waals surface area contributed by atoms with Gasteiger partial charge in [-0.05, 0) is 23.8 Å². The summed E-state index contributed by atoms with van der Waals surface area (Å²) < 4.78 is 18.3. The maximum Gasteiger partial charge on any atom is 0.310 e. The van der Waals surface area contributed by atoms with Crippen molar-refractivity contribution in [3.8, 4) is 0 Å². The fraction of sp³-hybridized carbons (Fsp3) is 0.211. The molecule has 6 nitrogen and oxygen atoms in total. The number of esters is 1. The molecule has 0 heterocycles. The Balaban J connectivity index is 1.73. The van der Waals surface area contributed by atoms with Crippen LogP contribution in [0.25, 0.3) is 0 Å². The summed E-state index contributed by atoms with van der Waals surface area (Å²) in [5, 5.41) is 5.11. The van der Waals surface area contributed by atoms with Crippen LogP contribution in [0.1, 0.15) is 18.1 Å². The lowest BCUT2D eigenvalue weighted by Crippen LogP contribution is -2.29. The molecule has 2 aromatic carbocycles. The summed E-state index contributed by atoms with van der Waals surface area (Å²) in [6.07, 6.45) is 0.000937. The molecule has 2 rings (SSSR count). The Kier molecular flexibility index (Phi) is 6.84. The number of hydrogen-bond donors (Lipinski definition) is 2. The molecule has 0 aliphatic carbocycles. The summed E-state index contributed by atoms with van der Waals surface area (Å²) in [5.41, 5.74) is 1.67. The van der Waals surface area contributed by atoms with E-state index in [0.29, 0.717) is 16.8 Å². The lowest BCUT2D eigenvalue weighted by molar-refractivity contribution is -0.147. The van der Waals surface area contributed by atoms with Crippen LogP contribution in [-0.2, 0) is 32.1 Å². The fourth-order valence-corrected chi connectivity index (χ4v) is 2.16. The molecule has 0 aliphatic heterocycles. The van der Waals surface area contributed by atoms with Crippen LogP contribution in [0.2, 0.25) is 0 Å². The second kappa shape index (κ2) is 9.31. The highest BCUT2D eigenvalue weighted by molar-refractivity contribution is 5.88. The molecule has 0 bridgehead atoms. The molecule has 26 heavy (non-hydrogen) atoms. The van der Waals surface area contributed by atoms with Crippen molar-refractivity contribution in [3.05, 3.63) is 65.5 Å². The molecule has 0 saturated heterocycles. The number of carbonyl (C=O) groups is 3. The van der Waals surface area contributed by atoms with E-state index in [1.807, 2.05) is 0 Å². The van der Waals surface area contributed by atoms with Gasteiger partial charge in [-0.3, -0.25) is 14.4 Å². The minimum atomic E-state index is -0.557. The Morgan fingerprint density at radius 3 is 2.38 bits per heavy atom. The molecule has 0 atom stereocenters. The third kappa shape index (κ3) is 6.35. The van der Waals surface area contributed by atoms with Crippen molar-refractivity contribution in [2.45, 2.75) is 19.9 Å². The lowest BCUT2D eigenvalue weighted by atomic mass is 10.1. The van der Waals surface area contributed by atoms with E-state index in [2.05, 4.69) is 10.6 Å². The minimum absolute atomic E-state index is 0.000937. The first-order chi connectivity index (χ1) is 12.4. The largest absolute Gasteiger partial charge is 0.455 e. The van der Waals surface area contributed by atoms with Gasteiger partial charge < -0.3 is 15.4 Å². The normalized spacial score (nSPS) is 10.1. The predicted octanol–water partition coefficient (Wildman–Crippen LogP) is 2.19. The molecular formula is C19H19FN2O4. The summed E-state index contributed by atoms with van der Waals surface area (Å²) in [7, 11) is 0. The number of ether oxygens (including phenoxy) is 1. The van der Waals surface area contributed by atoms with Crippen molar-refractivity contribution < 1.29 is 23.5 Å². The van der Waals surface area contributed by atoms with Gasteiger partial charge in [0.1, 0.15) is 5.82 Å². The van der Waals surface area contributed by atoms with E-state index in [0.717, 1.165) is 0 Å². The summed E-state index contributed by atoms with van der Waals surface area (Å²) in [6, 6.07) is 12.8. The molecule has 2 N–H and O–H groups in total. The van der Waals surface area contributed by atoms with Gasteiger partial charge in [0.05, 0.1) is 6.42 Å². The van der Waals surface area contributed by atoms with Crippen LogP contribution in [0, 0.1) is 5.82 Å². The van der Waals surface area contributed by atoms with Crippen LogP contribution < -0.4 is 10.6 Å². The molecule has 0 fully saturated rings. The smallest absolute Gasteiger partial charge is 0.310 e. The molecule has 7 heteroatoms. The van der Waals surface area contributed by atoms with Gasteiger partial charge >= 0.3 is 5.97 Å². The Morgan fingerprint density at radius 1 is 1.04 bits per heavy atom. The Bertz CT molecular complexity index is 790. The average Bonchev–Trinajstić information content (AvgIpc) is 2.60. The van der Waals surface area contributed by atoms with Gasteiger partial charge in [-0.1, -0.05) is 30.3 Å². The number of anilines is 1. The molecule has 0 saturated carbocycles. The van der Waals surface area contributed by atoms with Gasteiger partial charge in [0.25, 0.3) is 5.91 Å². The molecule has 2 aromatic rings. The maximum absolute atomic E-state index is 13.4. The molecule has 0 unspecified atom stereocenters. The highest BCUT2D eigenvalue weighted by atomic mass is 19.1. The number of rotatable bonds is 7. The topological polar surface area (TPSA) is 84.5 Å². The zero-order valence-corrected chi connectivity index (χ0v) is 14.3. The average molecular weight is 358 g/mol. The Hall–Kier alpha value is -3.22. The zero-order chi connectivity index (χ0) is 18.9. The van der Waals surface area contributed by atoms with E-state index >= 15 is 0 Å². The van der Waals surface area contributed by atoms with Crippen molar-refractivity contribution in [1.82, 2.24) is 5.32 Å². The number of benzene rings is 2. The first kappa shape index (κ1) is 19.1. The van der Waals surface area contributed by atoms with Gasteiger partial charge in [0.15, 0.2) is 6.61 Å². The number of amides is 2. The first-order valence-electron chi connectivity index (χ1n) is 7.96. The third-order valence-electron chi connectivity index (χ3n) is 3.42. The zero-order valence-electron chi connectivity index (χ0n) is 14.3. The highest BCUT2D eigenvalue weighted by Crippen LogP contribution is 2.10. The predicted molar refractivity (Wildman–Crippen MR) is 93.7 cm³/mol. The van der Waals surface area contributed by atoms with E-state index in [1.165, 1.54) is 13.0 Å². The van der Waals surface area contributed by atoms with E-state index in [4.69, 9.17) is 4.74 Å². The van der Waals surface area contributed by atoms with Crippen LogP contribution in [0.5, 0.6) is 0 Å². The monoisotopic (exact) mass is 358 g/mol. The molecule has 2 amide bonds. The lowest BCUT2D eigenvalue weighted by Gasteiger charge is -2.08. The summed E-state index contributed by atoms with van der Waals surface area (Å²) in [5.74, 6) is -1.66. The standard InChI is InChI=1S/C19H19FN2O4/c1-13(23)22-16-8-6-14(7-9-16)10-19(25)26-12-18(24)21-11-15-4-2-3-5-17(15)20/h2-9H,10-12H2,1H3,(H,21,24)(H,22,23). The first-order valence-corrected chi connectivity index (χ1v) is 7.96. The van der Waals surface area contributed by atoms with Crippen molar-refractivity contribution in [1.29, 1.82) is 0 Å². The molecule has 0 spiro atoms. The Labute approximate surface area is 150 Å². The second-order valence-electron chi connectivity index (χ2n) is 5.58. The molecule has 0 aromatic heterocycles. The number of halogens is 1. The van der Waals surface area contributed by atoms with E-state index in [9.17, 15) is 18.8 Å². The van der Waals surface area contributed by atoms with E-state index < -0.39 is 24.3 Å². The highest BCUT2D eigenvalue weighted by Gasteiger charge is 2.09. The van der Waals surface area contributed by atoms with Crippen molar-refractivity contribution in [3.63, 3.8) is 0 Å². The van der Waals surface area contributed by atoms with Crippen LogP contribution in [0.15, 0.2) is 48.5 Å². The quantitative estimate of drug-likeness (QED) is 0.743. The van der Waals surface area contributed by atoms with Gasteiger partial charge in [0, 0.05) is 24.7 Å². The minimum Gasteiger partial charge on any atom is -0.455 e. The van der Waals surface area contributed by atoms with Crippen LogP contribution in [0.4, 0.5) is 10.1 Å². The second-order valence-corrected chi connectivity index (χ2v) is 5.58. The summed E-state index contributed by atoms with van der Waals surface area (Å²) >= 11 is 0. The SMILES string of the molecule is CC(=O)Nc1ccc(CC(=O)OCC(=O)NCc2ccccc2F)cc1. The van der Waals surface area contributed by atoms with Crippen LogP contribution in [-0.4, -0.2) is 24.4 Å². The van der Waals surface area contributed by atoms with Crippen molar-refractivity contribution in [2.75, 3.05) is 11.9 Å². The van der Waals surface area contributed by atoms with Crippen molar-refractivity contribution in [2.24, 2.45) is 0 Å². The fourth-order valence-electron chi connectivity index (χ4n) is 2.16. The maximum atomic E-state index is 13.4.